The molecule has 1 fully saturated rings. The second-order valence-electron chi connectivity index (χ2n) is 7.55. The maximum atomic E-state index is 13.3. The van der Waals surface area contributed by atoms with E-state index >= 15 is 0 Å². The van der Waals surface area contributed by atoms with Crippen LogP contribution < -0.4 is 15.0 Å². The zero-order chi connectivity index (χ0) is 23.4. The van der Waals surface area contributed by atoms with Crippen molar-refractivity contribution in [3.63, 3.8) is 0 Å². The molecule has 0 radical (unpaired) electrons. The van der Waals surface area contributed by atoms with Crippen molar-refractivity contribution in [2.75, 3.05) is 43.5 Å². The highest BCUT2D eigenvalue weighted by atomic mass is 32.2. The number of methoxy groups -OCH3 is 1. The summed E-state index contributed by atoms with van der Waals surface area (Å²) in [5.41, 5.74) is 1.57. The van der Waals surface area contributed by atoms with Crippen LogP contribution in [-0.4, -0.2) is 51.9 Å². The quantitative estimate of drug-likeness (QED) is 0.597. The van der Waals surface area contributed by atoms with Crippen LogP contribution >= 0.6 is 0 Å². The largest absolute Gasteiger partial charge is 0.495 e. The maximum absolute atomic E-state index is 13.3. The first-order valence-corrected chi connectivity index (χ1v) is 11.9. The molecule has 172 valence electrons. The second-order valence-corrected chi connectivity index (χ2v) is 9.49. The Kier molecular flexibility index (Phi) is 6.62. The van der Waals surface area contributed by atoms with Crippen LogP contribution in [0.1, 0.15) is 10.4 Å². The van der Waals surface area contributed by atoms with Gasteiger partial charge in [0.2, 0.25) is 10.0 Å². The standard InChI is InChI=1S/C24H24FN3O4S/c1-32-23-12-11-21(17-22(23)26-24(29)18-5-3-2-4-6-18)33(30,31)28-15-13-27(14-16-28)20-9-7-19(25)8-10-20/h2-12,17H,13-16H2,1H3,(H,26,29). The Hall–Kier alpha value is -3.43. The lowest BCUT2D eigenvalue weighted by molar-refractivity contribution is 0.102. The molecule has 0 unspecified atom stereocenters. The van der Waals surface area contributed by atoms with Crippen molar-refractivity contribution in [3.05, 3.63) is 84.2 Å². The summed E-state index contributed by atoms with van der Waals surface area (Å²) in [7, 11) is -2.33. The number of anilines is 2. The van der Waals surface area contributed by atoms with E-state index in [1.165, 1.54) is 41.7 Å². The molecule has 9 heteroatoms. The SMILES string of the molecule is COc1ccc(S(=O)(=O)N2CCN(c3ccc(F)cc3)CC2)cc1NC(=O)c1ccccc1. The fraction of sp³-hybridized carbons (Fsp3) is 0.208. The summed E-state index contributed by atoms with van der Waals surface area (Å²) in [5, 5.41) is 2.74. The molecule has 0 spiro atoms. The van der Waals surface area contributed by atoms with Gasteiger partial charge < -0.3 is 15.0 Å². The Morgan fingerprint density at radius 1 is 0.939 bits per heavy atom. The van der Waals surface area contributed by atoms with E-state index in [-0.39, 0.29) is 35.4 Å². The molecule has 0 saturated carbocycles. The number of rotatable bonds is 6. The Morgan fingerprint density at radius 2 is 1.61 bits per heavy atom. The number of nitrogens with zero attached hydrogens (tertiary/aromatic N) is 2. The van der Waals surface area contributed by atoms with Gasteiger partial charge in [0.1, 0.15) is 11.6 Å². The molecule has 0 atom stereocenters. The van der Waals surface area contributed by atoms with E-state index < -0.39 is 10.0 Å². The van der Waals surface area contributed by atoms with Gasteiger partial charge in [-0.1, -0.05) is 18.2 Å². The van der Waals surface area contributed by atoms with Gasteiger partial charge >= 0.3 is 0 Å². The lowest BCUT2D eigenvalue weighted by Crippen LogP contribution is -2.48. The van der Waals surface area contributed by atoms with Gasteiger partial charge in [-0.3, -0.25) is 4.79 Å². The van der Waals surface area contributed by atoms with Crippen molar-refractivity contribution in [3.8, 4) is 5.75 Å². The molecule has 1 N–H and O–H groups in total. The summed E-state index contributed by atoms with van der Waals surface area (Å²) in [6.45, 7) is 1.55. The number of piperazine rings is 1. The highest BCUT2D eigenvalue weighted by Gasteiger charge is 2.29. The van der Waals surface area contributed by atoms with E-state index in [1.807, 2.05) is 4.90 Å². The zero-order valence-corrected chi connectivity index (χ0v) is 18.9. The van der Waals surface area contributed by atoms with Gasteiger partial charge in [-0.2, -0.15) is 4.31 Å². The first kappa shape index (κ1) is 22.8. The molecule has 1 heterocycles. The van der Waals surface area contributed by atoms with Crippen LogP contribution in [0.25, 0.3) is 0 Å². The minimum Gasteiger partial charge on any atom is -0.495 e. The monoisotopic (exact) mass is 469 g/mol. The Morgan fingerprint density at radius 3 is 2.24 bits per heavy atom. The summed E-state index contributed by atoms with van der Waals surface area (Å²) < 4.78 is 46.5. The van der Waals surface area contributed by atoms with Gasteiger partial charge in [-0.05, 0) is 54.6 Å². The topological polar surface area (TPSA) is 79.0 Å². The normalized spacial score (nSPS) is 14.7. The molecule has 4 rings (SSSR count). The third-order valence-corrected chi connectivity index (χ3v) is 7.42. The Labute approximate surface area is 192 Å². The van der Waals surface area contributed by atoms with Crippen molar-refractivity contribution < 1.29 is 22.3 Å². The Bertz CT molecular complexity index is 1230. The molecular formula is C24H24FN3O4S. The van der Waals surface area contributed by atoms with E-state index in [0.29, 0.717) is 24.4 Å². The van der Waals surface area contributed by atoms with Crippen molar-refractivity contribution in [2.45, 2.75) is 4.90 Å². The number of sulfonamides is 1. The number of nitrogens with one attached hydrogen (secondary N) is 1. The summed E-state index contributed by atoms with van der Waals surface area (Å²) in [6.07, 6.45) is 0. The van der Waals surface area contributed by atoms with Crippen LogP contribution in [0.5, 0.6) is 5.75 Å². The number of carbonyl (C=O) groups is 1. The lowest BCUT2D eigenvalue weighted by Gasteiger charge is -2.35. The van der Waals surface area contributed by atoms with E-state index in [4.69, 9.17) is 4.74 Å². The summed E-state index contributed by atoms with van der Waals surface area (Å²) in [6, 6.07) is 19.2. The molecule has 0 aliphatic carbocycles. The van der Waals surface area contributed by atoms with E-state index in [2.05, 4.69) is 5.32 Å². The first-order valence-electron chi connectivity index (χ1n) is 10.4. The third kappa shape index (κ3) is 4.99. The average molecular weight is 470 g/mol. The first-order chi connectivity index (χ1) is 15.9. The lowest BCUT2D eigenvalue weighted by atomic mass is 10.2. The van der Waals surface area contributed by atoms with Crippen molar-refractivity contribution in [2.24, 2.45) is 0 Å². The number of hydrogen-bond acceptors (Lipinski definition) is 5. The second kappa shape index (κ2) is 9.60. The fourth-order valence-corrected chi connectivity index (χ4v) is 5.17. The van der Waals surface area contributed by atoms with Gasteiger partial charge in [-0.15, -0.1) is 0 Å². The number of benzene rings is 3. The molecule has 3 aromatic carbocycles. The molecule has 3 aromatic rings. The van der Waals surface area contributed by atoms with E-state index in [0.717, 1.165) is 5.69 Å². The van der Waals surface area contributed by atoms with Crippen molar-refractivity contribution in [1.82, 2.24) is 4.31 Å². The maximum Gasteiger partial charge on any atom is 0.255 e. The van der Waals surface area contributed by atoms with Crippen LogP contribution in [0.4, 0.5) is 15.8 Å². The molecular weight excluding hydrogens is 445 g/mol. The van der Waals surface area contributed by atoms with Crippen molar-refractivity contribution in [1.29, 1.82) is 0 Å². The molecule has 1 aliphatic rings. The van der Waals surface area contributed by atoms with Crippen LogP contribution in [0.15, 0.2) is 77.7 Å². The van der Waals surface area contributed by atoms with E-state index in [9.17, 15) is 17.6 Å². The molecule has 1 saturated heterocycles. The zero-order valence-electron chi connectivity index (χ0n) is 18.1. The predicted molar refractivity (Wildman–Crippen MR) is 125 cm³/mol. The molecule has 0 aromatic heterocycles. The number of hydrogen-bond donors (Lipinski definition) is 1. The van der Waals surface area contributed by atoms with Gasteiger partial charge in [0.25, 0.3) is 5.91 Å². The summed E-state index contributed by atoms with van der Waals surface area (Å²) in [4.78, 5) is 14.7. The van der Waals surface area contributed by atoms with Crippen LogP contribution in [0, 0.1) is 5.82 Å². The molecule has 33 heavy (non-hydrogen) atoms. The molecule has 1 amide bonds. The average Bonchev–Trinajstić information content (AvgIpc) is 2.85. The highest BCUT2D eigenvalue weighted by molar-refractivity contribution is 7.89. The Balaban J connectivity index is 1.51. The number of carbonyl (C=O) groups excluding carboxylic acids is 1. The molecule has 0 bridgehead atoms. The highest BCUT2D eigenvalue weighted by Crippen LogP contribution is 2.30. The van der Waals surface area contributed by atoms with Crippen LogP contribution in [0.3, 0.4) is 0 Å². The smallest absolute Gasteiger partial charge is 0.255 e. The van der Waals surface area contributed by atoms with Crippen molar-refractivity contribution >= 4 is 27.3 Å². The van der Waals surface area contributed by atoms with Gasteiger partial charge in [0.15, 0.2) is 0 Å². The third-order valence-electron chi connectivity index (χ3n) is 5.52. The predicted octanol–water partition coefficient (Wildman–Crippen LogP) is 3.60. The number of ether oxygens (including phenoxy) is 1. The van der Waals surface area contributed by atoms with Crippen LogP contribution in [0.2, 0.25) is 0 Å². The minimum absolute atomic E-state index is 0.0712. The minimum atomic E-state index is -3.78. The summed E-state index contributed by atoms with van der Waals surface area (Å²) in [5.74, 6) is -0.314. The van der Waals surface area contributed by atoms with Gasteiger partial charge in [-0.25, -0.2) is 12.8 Å². The van der Waals surface area contributed by atoms with Gasteiger partial charge in [0.05, 0.1) is 17.7 Å². The van der Waals surface area contributed by atoms with Gasteiger partial charge in [0, 0.05) is 37.4 Å². The van der Waals surface area contributed by atoms with E-state index in [1.54, 1.807) is 42.5 Å². The molecule has 7 nitrogen and oxygen atoms in total. The summed E-state index contributed by atoms with van der Waals surface area (Å²) >= 11 is 0. The number of amides is 1. The number of halogens is 1. The molecule has 1 aliphatic heterocycles. The fourth-order valence-electron chi connectivity index (χ4n) is 3.72. The van der Waals surface area contributed by atoms with Crippen LogP contribution in [-0.2, 0) is 10.0 Å².